The van der Waals surface area contributed by atoms with Crippen LogP contribution in [0.25, 0.3) is 10.8 Å². The van der Waals surface area contributed by atoms with Gasteiger partial charge in [-0.3, -0.25) is 0 Å². The molecule has 0 aliphatic rings. The van der Waals surface area contributed by atoms with Gasteiger partial charge in [-0.25, -0.2) is 4.79 Å². The lowest BCUT2D eigenvalue weighted by molar-refractivity contribution is -0.0499. The second-order valence-corrected chi connectivity index (χ2v) is 5.83. The van der Waals surface area contributed by atoms with Gasteiger partial charge in [0.25, 0.3) is 0 Å². The highest BCUT2D eigenvalue weighted by Gasteiger charge is 2.48. The Labute approximate surface area is 128 Å². The second-order valence-electron chi connectivity index (χ2n) is 4.29. The molecule has 0 saturated carbocycles. The molecule has 23 heavy (non-hydrogen) atoms. The van der Waals surface area contributed by atoms with E-state index in [9.17, 15) is 31.5 Å². The molecular weight excluding hydrogens is 341 g/mol. The van der Waals surface area contributed by atoms with Crippen LogP contribution in [-0.4, -0.2) is 32.1 Å². The minimum Gasteiger partial charge on any atom is -0.506 e. The van der Waals surface area contributed by atoms with Gasteiger partial charge in [-0.15, -0.1) is 0 Å². The average Bonchev–Trinajstić information content (AvgIpc) is 2.46. The molecule has 0 bridgehead atoms. The third kappa shape index (κ3) is 3.02. The molecule has 0 aliphatic carbocycles. The van der Waals surface area contributed by atoms with Crippen LogP contribution >= 0.6 is 0 Å². The normalized spacial score (nSPS) is 12.2. The minimum atomic E-state index is -5.86. The zero-order chi connectivity index (χ0) is 17.4. The maximum absolute atomic E-state index is 12.4. The summed E-state index contributed by atoms with van der Waals surface area (Å²) in [6, 6.07) is 5.66. The van der Waals surface area contributed by atoms with E-state index in [1.54, 1.807) is 0 Å². The first-order valence-electron chi connectivity index (χ1n) is 5.92. The highest BCUT2D eigenvalue weighted by atomic mass is 32.2. The number of hydrogen-bond acceptors (Lipinski definition) is 6. The van der Waals surface area contributed by atoms with E-state index in [2.05, 4.69) is 8.92 Å². The Balaban J connectivity index is 2.61. The molecule has 0 fully saturated rings. The van der Waals surface area contributed by atoms with E-state index in [1.807, 2.05) is 0 Å². The van der Waals surface area contributed by atoms with E-state index in [0.29, 0.717) is 0 Å². The van der Waals surface area contributed by atoms with Crippen molar-refractivity contribution < 1.29 is 40.4 Å². The molecule has 0 heterocycles. The Morgan fingerprint density at radius 1 is 1.13 bits per heavy atom. The van der Waals surface area contributed by atoms with Gasteiger partial charge >= 0.3 is 21.6 Å². The topological polar surface area (TPSA) is 89.9 Å². The van der Waals surface area contributed by atoms with E-state index in [-0.39, 0.29) is 16.3 Å². The third-order valence-electron chi connectivity index (χ3n) is 2.88. The number of esters is 1. The summed E-state index contributed by atoms with van der Waals surface area (Å²) in [6.45, 7) is 0. The first-order chi connectivity index (χ1) is 10.6. The molecule has 0 aliphatic heterocycles. The molecule has 2 rings (SSSR count). The molecule has 2 aromatic rings. The van der Waals surface area contributed by atoms with Crippen LogP contribution in [0.2, 0.25) is 0 Å². The fourth-order valence-corrected chi connectivity index (χ4v) is 2.30. The molecule has 0 radical (unpaired) electrons. The third-order valence-corrected chi connectivity index (χ3v) is 3.85. The number of aromatic hydroxyl groups is 1. The molecule has 124 valence electrons. The number of alkyl halides is 3. The van der Waals surface area contributed by atoms with E-state index in [0.717, 1.165) is 25.3 Å². The summed E-state index contributed by atoms with van der Waals surface area (Å²) in [5, 5.41) is 9.82. The SMILES string of the molecule is COC(=O)c1ccc2c(OS(=O)(=O)C(F)(F)F)cccc2c1O. The largest absolute Gasteiger partial charge is 0.534 e. The summed E-state index contributed by atoms with van der Waals surface area (Å²) in [4.78, 5) is 11.5. The van der Waals surface area contributed by atoms with Crippen LogP contribution in [0.1, 0.15) is 10.4 Å². The highest BCUT2D eigenvalue weighted by molar-refractivity contribution is 7.88. The van der Waals surface area contributed by atoms with Crippen LogP contribution in [0.3, 0.4) is 0 Å². The maximum atomic E-state index is 12.4. The maximum Gasteiger partial charge on any atom is 0.534 e. The van der Waals surface area contributed by atoms with Crippen LogP contribution in [0.5, 0.6) is 11.5 Å². The van der Waals surface area contributed by atoms with Crippen LogP contribution in [0.4, 0.5) is 13.2 Å². The quantitative estimate of drug-likeness (QED) is 0.520. The fourth-order valence-electron chi connectivity index (χ4n) is 1.83. The highest BCUT2D eigenvalue weighted by Crippen LogP contribution is 2.36. The lowest BCUT2D eigenvalue weighted by atomic mass is 10.0. The number of rotatable bonds is 3. The summed E-state index contributed by atoms with van der Waals surface area (Å²) < 4.78 is 67.9. The number of carbonyl (C=O) groups excluding carboxylic acids is 1. The number of methoxy groups -OCH3 is 1. The Hall–Kier alpha value is -2.49. The molecule has 1 N–H and O–H groups in total. The van der Waals surface area contributed by atoms with Crippen molar-refractivity contribution in [3.63, 3.8) is 0 Å². The van der Waals surface area contributed by atoms with Gasteiger partial charge in [0, 0.05) is 10.8 Å². The number of benzene rings is 2. The smallest absolute Gasteiger partial charge is 0.506 e. The number of fused-ring (bicyclic) bond motifs is 1. The lowest BCUT2D eigenvalue weighted by Gasteiger charge is -2.12. The lowest BCUT2D eigenvalue weighted by Crippen LogP contribution is -2.28. The molecule has 0 amide bonds. The van der Waals surface area contributed by atoms with Gasteiger partial charge in [0.1, 0.15) is 11.3 Å². The first-order valence-corrected chi connectivity index (χ1v) is 7.33. The van der Waals surface area contributed by atoms with E-state index in [4.69, 9.17) is 0 Å². The van der Waals surface area contributed by atoms with Crippen molar-refractivity contribution in [1.29, 1.82) is 0 Å². The second kappa shape index (κ2) is 5.61. The predicted octanol–water partition coefficient (Wildman–Crippen LogP) is 2.56. The number of phenols is 1. The van der Waals surface area contributed by atoms with Gasteiger partial charge < -0.3 is 14.0 Å². The molecule has 10 heteroatoms. The Morgan fingerprint density at radius 2 is 1.78 bits per heavy atom. The Morgan fingerprint density at radius 3 is 2.35 bits per heavy atom. The minimum absolute atomic E-state index is 0.0669. The van der Waals surface area contributed by atoms with Crippen molar-refractivity contribution in [3.05, 3.63) is 35.9 Å². The number of halogens is 3. The zero-order valence-electron chi connectivity index (χ0n) is 11.4. The van der Waals surface area contributed by atoms with Crippen molar-refractivity contribution in [2.24, 2.45) is 0 Å². The summed E-state index contributed by atoms with van der Waals surface area (Å²) in [7, 11) is -4.77. The summed E-state index contributed by atoms with van der Waals surface area (Å²) >= 11 is 0. The Bertz CT molecular complexity index is 873. The van der Waals surface area contributed by atoms with Crippen molar-refractivity contribution in [3.8, 4) is 11.5 Å². The van der Waals surface area contributed by atoms with E-state index >= 15 is 0 Å². The fraction of sp³-hybridized carbons (Fsp3) is 0.154. The van der Waals surface area contributed by atoms with Crippen molar-refractivity contribution >= 4 is 26.9 Å². The summed E-state index contributed by atoms with van der Waals surface area (Å²) in [5.41, 5.74) is -5.82. The van der Waals surface area contributed by atoms with Crippen molar-refractivity contribution in [2.75, 3.05) is 7.11 Å². The zero-order valence-corrected chi connectivity index (χ0v) is 12.2. The molecule has 0 unspecified atom stereocenters. The molecule has 0 spiro atoms. The number of phenolic OH excluding ortho intramolecular Hbond substituents is 1. The van der Waals surface area contributed by atoms with E-state index in [1.165, 1.54) is 12.1 Å². The number of carbonyl (C=O) groups is 1. The van der Waals surface area contributed by atoms with Crippen LogP contribution in [0, 0.1) is 0 Å². The molecule has 0 aromatic heterocycles. The van der Waals surface area contributed by atoms with Crippen LogP contribution in [-0.2, 0) is 14.9 Å². The average molecular weight is 350 g/mol. The monoisotopic (exact) mass is 350 g/mol. The molecule has 6 nitrogen and oxygen atoms in total. The van der Waals surface area contributed by atoms with Gasteiger partial charge in [-0.1, -0.05) is 12.1 Å². The van der Waals surface area contributed by atoms with Gasteiger partial charge in [-0.2, -0.15) is 21.6 Å². The summed E-state index contributed by atoms with van der Waals surface area (Å²) in [5.74, 6) is -2.06. The van der Waals surface area contributed by atoms with Crippen LogP contribution in [0.15, 0.2) is 30.3 Å². The molecular formula is C13H9F3O6S. The van der Waals surface area contributed by atoms with E-state index < -0.39 is 33.1 Å². The van der Waals surface area contributed by atoms with Gasteiger partial charge in [0.05, 0.1) is 7.11 Å². The molecule has 2 aromatic carbocycles. The predicted molar refractivity (Wildman–Crippen MR) is 72.6 cm³/mol. The van der Waals surface area contributed by atoms with Gasteiger partial charge in [0.2, 0.25) is 0 Å². The van der Waals surface area contributed by atoms with Gasteiger partial charge in [0.15, 0.2) is 5.75 Å². The number of hydrogen-bond donors (Lipinski definition) is 1. The Kier molecular flexibility index (Phi) is 4.12. The number of ether oxygens (including phenoxy) is 1. The molecule has 0 saturated heterocycles. The van der Waals surface area contributed by atoms with Crippen molar-refractivity contribution in [2.45, 2.75) is 5.51 Å². The first kappa shape index (κ1) is 16.9. The van der Waals surface area contributed by atoms with Crippen LogP contribution < -0.4 is 4.18 Å². The standard InChI is InChI=1S/C13H9F3O6S/c1-21-12(18)9-6-5-7-8(11(9)17)3-2-4-10(7)22-23(19,20)13(14,15)16/h2-6,17H,1H3. The van der Waals surface area contributed by atoms with Crippen molar-refractivity contribution in [1.82, 2.24) is 0 Å². The molecule has 0 atom stereocenters. The summed E-state index contributed by atoms with van der Waals surface area (Å²) in [6.07, 6.45) is 0. The van der Waals surface area contributed by atoms with Gasteiger partial charge in [-0.05, 0) is 18.2 Å².